The lowest BCUT2D eigenvalue weighted by atomic mass is 10.1. The molecule has 0 spiro atoms. The van der Waals surface area contributed by atoms with Crippen LogP contribution in [-0.2, 0) is 4.79 Å². The summed E-state index contributed by atoms with van der Waals surface area (Å²) in [6.45, 7) is 4.98. The van der Waals surface area contributed by atoms with E-state index in [0.29, 0.717) is 6.54 Å². The summed E-state index contributed by atoms with van der Waals surface area (Å²) in [5, 5.41) is 2.45. The predicted molar refractivity (Wildman–Crippen MR) is 64.8 cm³/mol. The van der Waals surface area contributed by atoms with Gasteiger partial charge in [-0.15, -0.1) is 0 Å². The van der Waals surface area contributed by atoms with E-state index in [1.807, 2.05) is 0 Å². The van der Waals surface area contributed by atoms with E-state index < -0.39 is 28.9 Å². The van der Waals surface area contributed by atoms with Gasteiger partial charge in [-0.2, -0.15) is 0 Å². The topological polar surface area (TPSA) is 38.3 Å². The van der Waals surface area contributed by atoms with Crippen LogP contribution in [0.2, 0.25) is 5.02 Å². The first kappa shape index (κ1) is 14.7. The molecule has 100 valence electrons. The summed E-state index contributed by atoms with van der Waals surface area (Å²) < 4.78 is 32.1. The SMILES string of the molecule is CCNC(=O)C(C)(C)Oc1c(F)cc(Cl)cc1F. The number of hydrogen-bond acceptors (Lipinski definition) is 2. The minimum absolute atomic E-state index is 0.0758. The summed E-state index contributed by atoms with van der Waals surface area (Å²) >= 11 is 5.49. The molecule has 1 rings (SSSR count). The Labute approximate surface area is 109 Å². The van der Waals surface area contributed by atoms with Crippen molar-refractivity contribution in [3.8, 4) is 5.75 Å². The monoisotopic (exact) mass is 277 g/mol. The molecule has 0 fully saturated rings. The van der Waals surface area contributed by atoms with Crippen molar-refractivity contribution in [1.82, 2.24) is 5.32 Å². The van der Waals surface area contributed by atoms with Crippen LogP contribution >= 0.6 is 11.6 Å². The number of benzene rings is 1. The zero-order chi connectivity index (χ0) is 13.9. The van der Waals surface area contributed by atoms with Gasteiger partial charge >= 0.3 is 0 Å². The zero-order valence-corrected chi connectivity index (χ0v) is 11.1. The molecule has 6 heteroatoms. The van der Waals surface area contributed by atoms with Crippen LogP contribution in [0.4, 0.5) is 8.78 Å². The number of hydrogen-bond donors (Lipinski definition) is 1. The summed E-state index contributed by atoms with van der Waals surface area (Å²) in [7, 11) is 0. The van der Waals surface area contributed by atoms with Gasteiger partial charge in [0.1, 0.15) is 0 Å². The molecule has 0 aromatic heterocycles. The average Bonchev–Trinajstić information content (AvgIpc) is 2.23. The van der Waals surface area contributed by atoms with Crippen molar-refractivity contribution < 1.29 is 18.3 Å². The zero-order valence-electron chi connectivity index (χ0n) is 10.3. The quantitative estimate of drug-likeness (QED) is 0.919. The van der Waals surface area contributed by atoms with Gasteiger partial charge in [0.15, 0.2) is 23.0 Å². The summed E-state index contributed by atoms with van der Waals surface area (Å²) in [6.07, 6.45) is 0. The molecular weight excluding hydrogens is 264 g/mol. The van der Waals surface area contributed by atoms with Crippen LogP contribution in [0.5, 0.6) is 5.75 Å². The van der Waals surface area contributed by atoms with Gasteiger partial charge in [0, 0.05) is 11.6 Å². The lowest BCUT2D eigenvalue weighted by molar-refractivity contribution is -0.134. The van der Waals surface area contributed by atoms with Gasteiger partial charge in [0.25, 0.3) is 5.91 Å². The van der Waals surface area contributed by atoms with Gasteiger partial charge in [0.2, 0.25) is 0 Å². The molecule has 1 N–H and O–H groups in total. The standard InChI is InChI=1S/C12H14ClF2NO2/c1-4-16-11(17)12(2,3)18-10-8(14)5-7(13)6-9(10)15/h5-6H,4H2,1-3H3,(H,16,17). The molecule has 1 amide bonds. The number of carbonyl (C=O) groups excluding carboxylic acids is 1. The Morgan fingerprint density at radius 2 is 1.89 bits per heavy atom. The molecule has 1 aromatic carbocycles. The van der Waals surface area contributed by atoms with E-state index in [4.69, 9.17) is 16.3 Å². The van der Waals surface area contributed by atoms with Gasteiger partial charge in [0.05, 0.1) is 0 Å². The third-order valence-corrected chi connectivity index (χ3v) is 2.42. The van der Waals surface area contributed by atoms with Crippen molar-refractivity contribution in [2.45, 2.75) is 26.4 Å². The van der Waals surface area contributed by atoms with Gasteiger partial charge in [-0.3, -0.25) is 4.79 Å². The van der Waals surface area contributed by atoms with Crippen LogP contribution in [0.1, 0.15) is 20.8 Å². The normalized spacial score (nSPS) is 11.2. The van der Waals surface area contributed by atoms with Crippen molar-refractivity contribution in [1.29, 1.82) is 0 Å². The van der Waals surface area contributed by atoms with E-state index in [9.17, 15) is 13.6 Å². The van der Waals surface area contributed by atoms with Gasteiger partial charge in [-0.05, 0) is 32.9 Å². The second-order valence-electron chi connectivity index (χ2n) is 4.17. The molecule has 0 aliphatic carbocycles. The highest BCUT2D eigenvalue weighted by Crippen LogP contribution is 2.28. The fraction of sp³-hybridized carbons (Fsp3) is 0.417. The molecule has 0 aliphatic rings. The van der Waals surface area contributed by atoms with Crippen molar-refractivity contribution in [3.63, 3.8) is 0 Å². The first-order valence-corrected chi connectivity index (χ1v) is 5.77. The second kappa shape index (κ2) is 5.52. The van der Waals surface area contributed by atoms with E-state index >= 15 is 0 Å². The molecule has 0 atom stereocenters. The number of amides is 1. The van der Waals surface area contributed by atoms with Crippen LogP contribution in [0, 0.1) is 11.6 Å². The molecular formula is C12H14ClF2NO2. The maximum atomic E-state index is 13.5. The Morgan fingerprint density at radius 3 is 2.33 bits per heavy atom. The Hall–Kier alpha value is -1.36. The molecule has 0 saturated heterocycles. The minimum Gasteiger partial charge on any atom is -0.472 e. The van der Waals surface area contributed by atoms with Gasteiger partial charge < -0.3 is 10.1 Å². The third-order valence-electron chi connectivity index (χ3n) is 2.20. The van der Waals surface area contributed by atoms with Crippen molar-refractivity contribution >= 4 is 17.5 Å². The van der Waals surface area contributed by atoms with E-state index in [1.54, 1.807) is 6.92 Å². The van der Waals surface area contributed by atoms with Crippen LogP contribution in [0.25, 0.3) is 0 Å². The molecule has 0 unspecified atom stereocenters. The van der Waals surface area contributed by atoms with E-state index in [2.05, 4.69) is 5.32 Å². The van der Waals surface area contributed by atoms with E-state index in [-0.39, 0.29) is 5.02 Å². The molecule has 0 heterocycles. The molecule has 3 nitrogen and oxygen atoms in total. The van der Waals surface area contributed by atoms with Crippen molar-refractivity contribution in [3.05, 3.63) is 28.8 Å². The molecule has 0 aliphatic heterocycles. The number of halogens is 3. The Balaban J connectivity index is 3.00. The first-order chi connectivity index (χ1) is 8.27. The second-order valence-corrected chi connectivity index (χ2v) is 4.61. The fourth-order valence-electron chi connectivity index (χ4n) is 1.30. The summed E-state index contributed by atoms with van der Waals surface area (Å²) in [6, 6.07) is 1.85. The summed E-state index contributed by atoms with van der Waals surface area (Å²) in [5.41, 5.74) is -1.38. The Bertz CT molecular complexity index is 440. The number of carbonyl (C=O) groups is 1. The number of likely N-dealkylation sites (N-methyl/N-ethyl adjacent to an activating group) is 1. The van der Waals surface area contributed by atoms with Crippen LogP contribution < -0.4 is 10.1 Å². The van der Waals surface area contributed by atoms with Crippen molar-refractivity contribution in [2.24, 2.45) is 0 Å². The Morgan fingerprint density at radius 1 is 1.39 bits per heavy atom. The fourth-order valence-corrected chi connectivity index (χ4v) is 1.49. The number of ether oxygens (including phenoxy) is 1. The molecule has 0 radical (unpaired) electrons. The number of rotatable bonds is 4. The average molecular weight is 278 g/mol. The Kier molecular flexibility index (Phi) is 4.51. The lowest BCUT2D eigenvalue weighted by Gasteiger charge is -2.25. The lowest BCUT2D eigenvalue weighted by Crippen LogP contribution is -2.46. The highest BCUT2D eigenvalue weighted by molar-refractivity contribution is 6.30. The molecule has 0 bridgehead atoms. The van der Waals surface area contributed by atoms with E-state index in [0.717, 1.165) is 12.1 Å². The predicted octanol–water partition coefficient (Wildman–Crippen LogP) is 2.91. The highest BCUT2D eigenvalue weighted by Gasteiger charge is 2.31. The minimum atomic E-state index is -1.38. The van der Waals surface area contributed by atoms with Crippen molar-refractivity contribution in [2.75, 3.05) is 6.54 Å². The smallest absolute Gasteiger partial charge is 0.263 e. The summed E-state index contributed by atoms with van der Waals surface area (Å²) in [4.78, 5) is 11.7. The van der Waals surface area contributed by atoms with Crippen LogP contribution in [0.15, 0.2) is 12.1 Å². The molecule has 1 aromatic rings. The maximum Gasteiger partial charge on any atom is 0.263 e. The van der Waals surface area contributed by atoms with Crippen LogP contribution in [-0.4, -0.2) is 18.1 Å². The molecule has 0 saturated carbocycles. The number of nitrogens with one attached hydrogen (secondary N) is 1. The first-order valence-electron chi connectivity index (χ1n) is 5.39. The van der Waals surface area contributed by atoms with Gasteiger partial charge in [-0.1, -0.05) is 11.6 Å². The molecule has 18 heavy (non-hydrogen) atoms. The van der Waals surface area contributed by atoms with Crippen LogP contribution in [0.3, 0.4) is 0 Å². The maximum absolute atomic E-state index is 13.5. The highest BCUT2D eigenvalue weighted by atomic mass is 35.5. The summed E-state index contributed by atoms with van der Waals surface area (Å²) in [5.74, 6) is -2.97. The van der Waals surface area contributed by atoms with Gasteiger partial charge in [-0.25, -0.2) is 8.78 Å². The van der Waals surface area contributed by atoms with E-state index in [1.165, 1.54) is 13.8 Å². The third kappa shape index (κ3) is 3.32. The largest absolute Gasteiger partial charge is 0.472 e.